The van der Waals surface area contributed by atoms with E-state index in [-0.39, 0.29) is 5.97 Å². The lowest BCUT2D eigenvalue weighted by Gasteiger charge is -2.34. The summed E-state index contributed by atoms with van der Waals surface area (Å²) in [5, 5.41) is 3.32. The van der Waals surface area contributed by atoms with Crippen LogP contribution < -0.4 is 5.32 Å². The van der Waals surface area contributed by atoms with Gasteiger partial charge in [-0.05, 0) is 46.2 Å². The number of rotatable bonds is 10. The average Bonchev–Trinajstić information content (AvgIpc) is 3.19. The van der Waals surface area contributed by atoms with Gasteiger partial charge in [0, 0.05) is 12.6 Å². The summed E-state index contributed by atoms with van der Waals surface area (Å²) in [5.41, 5.74) is -0.582. The molecule has 1 saturated carbocycles. The van der Waals surface area contributed by atoms with Gasteiger partial charge in [0.25, 0.3) is 0 Å². The third-order valence-electron chi connectivity index (χ3n) is 3.67. The molecule has 0 radical (unpaired) electrons. The van der Waals surface area contributed by atoms with Gasteiger partial charge in [-0.3, -0.25) is 9.69 Å². The number of unbranched alkanes of at least 4 members (excludes halogenated alkanes) is 1. The second kappa shape index (κ2) is 7.85. The third-order valence-corrected chi connectivity index (χ3v) is 3.67. The highest BCUT2D eigenvalue weighted by molar-refractivity contribution is 5.80. The van der Waals surface area contributed by atoms with E-state index in [9.17, 15) is 4.79 Å². The molecular formula is C15H30N2O2. The Hall–Kier alpha value is -0.610. The molecule has 1 aliphatic carbocycles. The lowest BCUT2D eigenvalue weighted by molar-refractivity contribution is -0.151. The minimum atomic E-state index is -0.582. The third kappa shape index (κ3) is 5.11. The topological polar surface area (TPSA) is 41.6 Å². The summed E-state index contributed by atoms with van der Waals surface area (Å²) < 4.78 is 5.24. The monoisotopic (exact) mass is 270 g/mol. The van der Waals surface area contributed by atoms with Crippen LogP contribution >= 0.6 is 0 Å². The molecule has 4 nitrogen and oxygen atoms in total. The fourth-order valence-corrected chi connectivity index (χ4v) is 2.47. The largest absolute Gasteiger partial charge is 0.465 e. The van der Waals surface area contributed by atoms with Crippen LogP contribution in [-0.4, -0.2) is 48.7 Å². The quantitative estimate of drug-likeness (QED) is 0.618. The Morgan fingerprint density at radius 2 is 2.05 bits per heavy atom. The summed E-state index contributed by atoms with van der Waals surface area (Å²) in [7, 11) is 0. The van der Waals surface area contributed by atoms with Crippen LogP contribution in [-0.2, 0) is 9.53 Å². The molecule has 19 heavy (non-hydrogen) atoms. The minimum absolute atomic E-state index is 0.126. The molecule has 0 aromatic rings. The van der Waals surface area contributed by atoms with Gasteiger partial charge >= 0.3 is 5.97 Å². The molecule has 1 atom stereocenters. The molecule has 0 saturated heterocycles. The second-order valence-electron chi connectivity index (χ2n) is 5.64. The van der Waals surface area contributed by atoms with Crippen molar-refractivity contribution in [2.75, 3.05) is 26.2 Å². The van der Waals surface area contributed by atoms with Crippen molar-refractivity contribution in [2.24, 2.45) is 0 Å². The van der Waals surface area contributed by atoms with Crippen LogP contribution in [0.15, 0.2) is 0 Å². The van der Waals surface area contributed by atoms with Crippen LogP contribution in [0.4, 0.5) is 0 Å². The first-order valence-corrected chi connectivity index (χ1v) is 7.73. The molecule has 1 aliphatic rings. The van der Waals surface area contributed by atoms with Gasteiger partial charge in [0.1, 0.15) is 5.54 Å². The number of ether oxygens (including phenoxy) is 1. The van der Waals surface area contributed by atoms with Crippen molar-refractivity contribution < 1.29 is 9.53 Å². The number of hydrogen-bond acceptors (Lipinski definition) is 4. The highest BCUT2D eigenvalue weighted by atomic mass is 16.5. The number of esters is 1. The molecule has 0 spiro atoms. The highest BCUT2D eigenvalue weighted by Crippen LogP contribution is 2.28. The fourth-order valence-electron chi connectivity index (χ4n) is 2.47. The van der Waals surface area contributed by atoms with Gasteiger partial charge in [0.15, 0.2) is 0 Å². The lowest BCUT2D eigenvalue weighted by atomic mass is 10.0. The molecule has 0 bridgehead atoms. The summed E-state index contributed by atoms with van der Waals surface area (Å²) in [5.74, 6) is -0.126. The van der Waals surface area contributed by atoms with E-state index in [2.05, 4.69) is 17.1 Å². The zero-order valence-electron chi connectivity index (χ0n) is 13.0. The first-order chi connectivity index (χ1) is 9.07. The Morgan fingerprint density at radius 3 is 2.53 bits per heavy atom. The maximum atomic E-state index is 12.2. The Balaban J connectivity index is 2.65. The minimum Gasteiger partial charge on any atom is -0.465 e. The van der Waals surface area contributed by atoms with Crippen LogP contribution in [0.25, 0.3) is 0 Å². The SMILES string of the molecule is CCCCN(CC(C)(NCC)C(=O)OCC)C1CC1. The van der Waals surface area contributed by atoms with Crippen LogP contribution in [0.3, 0.4) is 0 Å². The Bertz CT molecular complexity index is 279. The first kappa shape index (κ1) is 16.4. The second-order valence-corrected chi connectivity index (χ2v) is 5.64. The first-order valence-electron chi connectivity index (χ1n) is 7.73. The summed E-state index contributed by atoms with van der Waals surface area (Å²) >= 11 is 0. The van der Waals surface area contributed by atoms with Gasteiger partial charge < -0.3 is 10.1 Å². The Labute approximate surface area is 117 Å². The number of hydrogen-bond donors (Lipinski definition) is 1. The van der Waals surface area contributed by atoms with Crippen molar-refractivity contribution in [2.45, 2.75) is 65.0 Å². The Morgan fingerprint density at radius 1 is 1.37 bits per heavy atom. The van der Waals surface area contributed by atoms with Crippen molar-refractivity contribution in [3.8, 4) is 0 Å². The standard InChI is InChI=1S/C15H30N2O2/c1-5-8-11-17(13-9-10-13)12-15(4,16-6-2)14(18)19-7-3/h13,16H,5-12H2,1-4H3. The van der Waals surface area contributed by atoms with Crippen molar-refractivity contribution in [1.29, 1.82) is 0 Å². The number of likely N-dealkylation sites (N-methyl/N-ethyl adjacent to an activating group) is 1. The van der Waals surface area contributed by atoms with Gasteiger partial charge in [0.2, 0.25) is 0 Å². The zero-order chi connectivity index (χ0) is 14.3. The van der Waals surface area contributed by atoms with Gasteiger partial charge in [-0.2, -0.15) is 0 Å². The molecule has 1 unspecified atom stereocenters. The van der Waals surface area contributed by atoms with Crippen molar-refractivity contribution in [1.82, 2.24) is 10.2 Å². The van der Waals surface area contributed by atoms with Crippen LogP contribution in [0.1, 0.15) is 53.4 Å². The van der Waals surface area contributed by atoms with Crippen LogP contribution in [0.5, 0.6) is 0 Å². The maximum Gasteiger partial charge on any atom is 0.327 e. The van der Waals surface area contributed by atoms with E-state index >= 15 is 0 Å². The molecule has 1 N–H and O–H groups in total. The highest BCUT2D eigenvalue weighted by Gasteiger charge is 2.39. The van der Waals surface area contributed by atoms with Gasteiger partial charge in [0.05, 0.1) is 6.61 Å². The predicted octanol–water partition coefficient (Wildman–Crippen LogP) is 2.18. The van der Waals surface area contributed by atoms with E-state index in [1.165, 1.54) is 25.7 Å². The molecule has 0 aliphatic heterocycles. The summed E-state index contributed by atoms with van der Waals surface area (Å²) in [6, 6.07) is 0.680. The average molecular weight is 270 g/mol. The van der Waals surface area contributed by atoms with Crippen LogP contribution in [0.2, 0.25) is 0 Å². The van der Waals surface area contributed by atoms with E-state index in [1.54, 1.807) is 0 Å². The van der Waals surface area contributed by atoms with E-state index < -0.39 is 5.54 Å². The van der Waals surface area contributed by atoms with Gasteiger partial charge in [-0.15, -0.1) is 0 Å². The molecule has 0 heterocycles. The smallest absolute Gasteiger partial charge is 0.327 e. The molecular weight excluding hydrogens is 240 g/mol. The van der Waals surface area contributed by atoms with Gasteiger partial charge in [-0.1, -0.05) is 20.3 Å². The Kier molecular flexibility index (Phi) is 6.80. The normalized spacial score (nSPS) is 18.4. The van der Waals surface area contributed by atoms with E-state index in [0.717, 1.165) is 19.6 Å². The predicted molar refractivity (Wildman–Crippen MR) is 78.2 cm³/mol. The molecule has 0 amide bonds. The molecule has 4 heteroatoms. The zero-order valence-corrected chi connectivity index (χ0v) is 13.0. The maximum absolute atomic E-state index is 12.2. The van der Waals surface area contributed by atoms with Crippen molar-refractivity contribution in [3.63, 3.8) is 0 Å². The summed E-state index contributed by atoms with van der Waals surface area (Å²) in [4.78, 5) is 14.7. The molecule has 0 aromatic carbocycles. The summed E-state index contributed by atoms with van der Waals surface area (Å²) in [6.07, 6.45) is 4.94. The number of nitrogens with zero attached hydrogens (tertiary/aromatic N) is 1. The molecule has 112 valence electrons. The number of carbonyl (C=O) groups is 1. The van der Waals surface area contributed by atoms with Crippen molar-refractivity contribution >= 4 is 5.97 Å². The number of nitrogens with one attached hydrogen (secondary N) is 1. The van der Waals surface area contributed by atoms with Gasteiger partial charge in [-0.25, -0.2) is 0 Å². The van der Waals surface area contributed by atoms with E-state index in [4.69, 9.17) is 4.74 Å². The van der Waals surface area contributed by atoms with E-state index in [1.807, 2.05) is 20.8 Å². The molecule has 0 aromatic heterocycles. The number of carbonyl (C=O) groups excluding carboxylic acids is 1. The van der Waals surface area contributed by atoms with E-state index in [0.29, 0.717) is 12.6 Å². The van der Waals surface area contributed by atoms with Crippen LogP contribution in [0, 0.1) is 0 Å². The molecule has 1 rings (SSSR count). The molecule has 1 fully saturated rings. The summed E-state index contributed by atoms with van der Waals surface area (Å²) in [6.45, 7) is 11.1. The lowest BCUT2D eigenvalue weighted by Crippen LogP contribution is -2.58. The fraction of sp³-hybridized carbons (Fsp3) is 0.933. The van der Waals surface area contributed by atoms with Crippen molar-refractivity contribution in [3.05, 3.63) is 0 Å².